The number of nitrogens with one attached hydrogen (secondary N) is 1. The average molecular weight is 525 g/mol. The number of carbonyl (C=O) groups is 1. The molecule has 2 aromatic heterocycles. The lowest BCUT2D eigenvalue weighted by atomic mass is 10.1. The van der Waals surface area contributed by atoms with Gasteiger partial charge in [0, 0.05) is 55.0 Å². The largest absolute Gasteiger partial charge is 0.371 e. The van der Waals surface area contributed by atoms with Crippen LogP contribution in [0, 0.1) is 6.92 Å². The topological polar surface area (TPSA) is 102 Å². The maximum atomic E-state index is 13.5. The van der Waals surface area contributed by atoms with Crippen molar-refractivity contribution in [3.05, 3.63) is 53.5 Å². The average Bonchev–Trinajstić information content (AvgIpc) is 3.64. The summed E-state index contributed by atoms with van der Waals surface area (Å²) in [6, 6.07) is 13.5. The number of benzene rings is 2. The van der Waals surface area contributed by atoms with Crippen LogP contribution in [0.1, 0.15) is 18.4 Å². The Balaban J connectivity index is 1.50. The molecule has 1 aliphatic heterocycles. The normalized spacial score (nSPS) is 14.2. The highest BCUT2D eigenvalue weighted by Crippen LogP contribution is 2.36. The molecule has 4 aromatic rings. The number of nitrogens with zero attached hydrogens (tertiary/aromatic N) is 5. The first-order valence-corrected chi connectivity index (χ1v) is 14.0. The zero-order valence-corrected chi connectivity index (χ0v) is 22.1. The van der Waals surface area contributed by atoms with E-state index in [1.54, 1.807) is 19.2 Å². The van der Waals surface area contributed by atoms with Crippen LogP contribution in [-0.4, -0.2) is 67.5 Å². The Labute approximate surface area is 214 Å². The molecule has 1 fully saturated rings. The van der Waals surface area contributed by atoms with Gasteiger partial charge < -0.3 is 9.88 Å². The molecule has 3 heterocycles. The van der Waals surface area contributed by atoms with Gasteiger partial charge in [0.05, 0.1) is 11.4 Å². The van der Waals surface area contributed by atoms with Gasteiger partial charge in [0.1, 0.15) is 5.51 Å². The van der Waals surface area contributed by atoms with E-state index in [1.807, 2.05) is 13.0 Å². The summed E-state index contributed by atoms with van der Waals surface area (Å²) in [7, 11) is -0.946. The van der Waals surface area contributed by atoms with E-state index in [0.29, 0.717) is 5.13 Å². The fourth-order valence-electron chi connectivity index (χ4n) is 4.49. The number of rotatable bonds is 7. The zero-order chi connectivity index (χ0) is 25.4. The van der Waals surface area contributed by atoms with E-state index in [1.165, 1.54) is 28.8 Å². The maximum absolute atomic E-state index is 13.5. The van der Waals surface area contributed by atoms with Crippen molar-refractivity contribution >= 4 is 49.0 Å². The van der Waals surface area contributed by atoms with E-state index in [-0.39, 0.29) is 11.4 Å². The minimum absolute atomic E-state index is 0.143. The van der Waals surface area contributed by atoms with E-state index in [4.69, 9.17) is 0 Å². The summed E-state index contributed by atoms with van der Waals surface area (Å²) in [5.41, 5.74) is 6.38. The van der Waals surface area contributed by atoms with Gasteiger partial charge in [0.2, 0.25) is 21.1 Å². The summed E-state index contributed by atoms with van der Waals surface area (Å²) in [6.07, 6.45) is 2.22. The minimum atomic E-state index is -3.92. The van der Waals surface area contributed by atoms with Crippen LogP contribution in [0.15, 0.2) is 52.9 Å². The molecule has 0 bridgehead atoms. The van der Waals surface area contributed by atoms with Gasteiger partial charge in [-0.25, -0.2) is 8.42 Å². The van der Waals surface area contributed by atoms with Crippen LogP contribution in [0.2, 0.25) is 0 Å². The third kappa shape index (κ3) is 4.61. The molecule has 2 aromatic carbocycles. The van der Waals surface area contributed by atoms with Crippen molar-refractivity contribution in [2.75, 3.05) is 43.5 Å². The molecule has 1 N–H and O–H groups in total. The number of carbonyl (C=O) groups excluding carboxylic acids is 1. The van der Waals surface area contributed by atoms with Gasteiger partial charge in [0.15, 0.2) is 0 Å². The molecule has 1 amide bonds. The number of amides is 1. The van der Waals surface area contributed by atoms with Gasteiger partial charge in [-0.15, -0.1) is 10.2 Å². The summed E-state index contributed by atoms with van der Waals surface area (Å²) in [6.45, 7) is 3.60. The van der Waals surface area contributed by atoms with Gasteiger partial charge in [-0.2, -0.15) is 4.31 Å². The second-order valence-electron chi connectivity index (χ2n) is 9.08. The molecule has 0 unspecified atom stereocenters. The number of anilines is 2. The highest BCUT2D eigenvalue weighted by Gasteiger charge is 2.27. The molecule has 36 heavy (non-hydrogen) atoms. The van der Waals surface area contributed by atoms with Crippen molar-refractivity contribution in [3.8, 4) is 11.3 Å². The van der Waals surface area contributed by atoms with Crippen LogP contribution in [0.25, 0.3) is 22.2 Å². The molecule has 11 heteroatoms. The molecular formula is C25H28N6O3S2. The van der Waals surface area contributed by atoms with Crippen molar-refractivity contribution in [3.63, 3.8) is 0 Å². The molecule has 188 valence electrons. The monoisotopic (exact) mass is 524 g/mol. The molecule has 0 atom stereocenters. The fraction of sp³-hybridized carbons (Fsp3) is 0.320. The maximum Gasteiger partial charge on any atom is 0.243 e. The molecule has 1 aliphatic rings. The number of aromatic nitrogens is 3. The Morgan fingerprint density at radius 3 is 2.61 bits per heavy atom. The van der Waals surface area contributed by atoms with Gasteiger partial charge in [-0.1, -0.05) is 23.5 Å². The van der Waals surface area contributed by atoms with Gasteiger partial charge >= 0.3 is 0 Å². The van der Waals surface area contributed by atoms with Crippen molar-refractivity contribution in [2.45, 2.75) is 24.7 Å². The van der Waals surface area contributed by atoms with Crippen LogP contribution in [-0.2, 0) is 14.8 Å². The van der Waals surface area contributed by atoms with Crippen molar-refractivity contribution < 1.29 is 13.2 Å². The SMILES string of the molecule is Cc1ccc2cc(-c3cc(S(=O)(=O)N(C)CC(=O)N(C)c4nncs4)ccc3N3CCCC3)[nH]c2c1. The smallest absolute Gasteiger partial charge is 0.243 e. The Hall–Kier alpha value is -3.28. The van der Waals surface area contributed by atoms with E-state index in [2.05, 4.69) is 44.3 Å². The Kier molecular flexibility index (Phi) is 6.54. The number of aryl methyl sites for hydroxylation is 1. The van der Waals surface area contributed by atoms with Crippen LogP contribution in [0.3, 0.4) is 0 Å². The highest BCUT2D eigenvalue weighted by molar-refractivity contribution is 7.89. The number of sulfonamides is 1. The molecule has 0 saturated carbocycles. The zero-order valence-electron chi connectivity index (χ0n) is 20.4. The standard InChI is InChI=1S/C25H28N6O3S2/c1-17-6-7-18-13-22(27-21(18)12-17)20-14-19(8-9-23(20)31-10-4-5-11-31)36(33,34)29(2)15-24(32)30(3)25-28-26-16-35-25/h6-9,12-14,16,27H,4-5,10-11,15H2,1-3H3. The lowest BCUT2D eigenvalue weighted by Gasteiger charge is -2.23. The summed E-state index contributed by atoms with van der Waals surface area (Å²) in [5, 5.41) is 9.10. The number of aromatic amines is 1. The Morgan fingerprint density at radius 1 is 1.11 bits per heavy atom. The molecule has 0 radical (unpaired) electrons. The van der Waals surface area contributed by atoms with Gasteiger partial charge in [-0.05, 0) is 55.7 Å². The van der Waals surface area contributed by atoms with E-state index in [0.717, 1.165) is 63.6 Å². The third-order valence-electron chi connectivity index (χ3n) is 6.56. The molecule has 0 spiro atoms. The lowest BCUT2D eigenvalue weighted by molar-refractivity contribution is -0.118. The van der Waals surface area contributed by atoms with Crippen LogP contribution in [0.4, 0.5) is 10.8 Å². The number of likely N-dealkylation sites (N-methyl/N-ethyl adjacent to an activating group) is 2. The Morgan fingerprint density at radius 2 is 1.89 bits per heavy atom. The number of hydrogen-bond acceptors (Lipinski definition) is 7. The second kappa shape index (κ2) is 9.64. The summed E-state index contributed by atoms with van der Waals surface area (Å²) in [4.78, 5) is 20.0. The molecule has 0 aliphatic carbocycles. The van der Waals surface area contributed by atoms with Gasteiger partial charge in [0.25, 0.3) is 0 Å². The van der Waals surface area contributed by atoms with E-state index in [9.17, 15) is 13.2 Å². The predicted octanol–water partition coefficient (Wildman–Crippen LogP) is 3.88. The van der Waals surface area contributed by atoms with Gasteiger partial charge in [-0.3, -0.25) is 9.69 Å². The lowest BCUT2D eigenvalue weighted by Crippen LogP contribution is -2.39. The van der Waals surface area contributed by atoms with Crippen molar-refractivity contribution in [1.82, 2.24) is 19.5 Å². The number of H-pyrrole nitrogens is 1. The van der Waals surface area contributed by atoms with E-state index < -0.39 is 15.9 Å². The fourth-order valence-corrected chi connectivity index (χ4v) is 6.18. The van der Waals surface area contributed by atoms with Crippen LogP contribution < -0.4 is 9.80 Å². The predicted molar refractivity (Wildman–Crippen MR) is 143 cm³/mol. The molecule has 9 nitrogen and oxygen atoms in total. The third-order valence-corrected chi connectivity index (χ3v) is 9.12. The summed E-state index contributed by atoms with van der Waals surface area (Å²) < 4.78 is 28.1. The molecular weight excluding hydrogens is 496 g/mol. The minimum Gasteiger partial charge on any atom is -0.371 e. The van der Waals surface area contributed by atoms with Crippen LogP contribution >= 0.6 is 11.3 Å². The van der Waals surface area contributed by atoms with E-state index >= 15 is 0 Å². The van der Waals surface area contributed by atoms with Crippen LogP contribution in [0.5, 0.6) is 0 Å². The number of hydrogen-bond donors (Lipinski definition) is 1. The summed E-state index contributed by atoms with van der Waals surface area (Å²) >= 11 is 1.21. The molecule has 1 saturated heterocycles. The first-order valence-electron chi connectivity index (χ1n) is 11.7. The van der Waals surface area contributed by atoms with Crippen molar-refractivity contribution in [1.29, 1.82) is 0 Å². The number of fused-ring (bicyclic) bond motifs is 1. The molecule has 5 rings (SSSR count). The first-order chi connectivity index (χ1) is 17.2. The Bertz CT molecular complexity index is 1510. The highest BCUT2D eigenvalue weighted by atomic mass is 32.2. The van der Waals surface area contributed by atoms with Crippen molar-refractivity contribution in [2.24, 2.45) is 0 Å². The second-order valence-corrected chi connectivity index (χ2v) is 11.9. The quantitative estimate of drug-likeness (QED) is 0.394. The first kappa shape index (κ1) is 24.4. The summed E-state index contributed by atoms with van der Waals surface area (Å²) in [5.74, 6) is -0.391.